The molecule has 0 saturated heterocycles. The molecule has 1 amide bonds. The lowest BCUT2D eigenvalue weighted by atomic mass is 10.0. The molecule has 0 saturated carbocycles. The molecule has 0 atom stereocenters. The molecule has 0 aliphatic heterocycles. The van der Waals surface area contributed by atoms with Gasteiger partial charge in [-0.05, 0) is 47.4 Å². The van der Waals surface area contributed by atoms with Crippen molar-refractivity contribution in [1.29, 1.82) is 0 Å². The number of methoxy groups -OCH3 is 2. The van der Waals surface area contributed by atoms with Crippen LogP contribution in [0.3, 0.4) is 0 Å². The van der Waals surface area contributed by atoms with E-state index in [1.165, 1.54) is 20.3 Å². The molecule has 6 heteroatoms. The lowest BCUT2D eigenvalue weighted by Gasteiger charge is -2.12. The van der Waals surface area contributed by atoms with Gasteiger partial charge in [0.2, 0.25) is 0 Å². The first-order valence-corrected chi connectivity index (χ1v) is 8.89. The molecule has 0 radical (unpaired) electrons. The van der Waals surface area contributed by atoms with Gasteiger partial charge in [0, 0.05) is 11.8 Å². The van der Waals surface area contributed by atoms with Crippen LogP contribution in [0.1, 0.15) is 30.9 Å². The maximum Gasteiger partial charge on any atom is 0.330 e. The fraction of sp³-hybridized carbons (Fsp3) is 0.273. The highest BCUT2D eigenvalue weighted by molar-refractivity contribution is 5.92. The number of hydrogen-bond acceptors (Lipinski definition) is 5. The molecule has 0 heterocycles. The predicted octanol–water partition coefficient (Wildman–Crippen LogP) is 4.02. The Labute approximate surface area is 165 Å². The fourth-order valence-electron chi connectivity index (χ4n) is 2.46. The topological polar surface area (TPSA) is 73.9 Å². The van der Waals surface area contributed by atoms with Crippen molar-refractivity contribution in [1.82, 2.24) is 0 Å². The van der Waals surface area contributed by atoms with Gasteiger partial charge in [0.15, 0.2) is 18.1 Å². The molecule has 0 aliphatic rings. The molecule has 0 fully saturated rings. The molecule has 2 aromatic rings. The Hall–Kier alpha value is -3.28. The number of hydrogen-bond donors (Lipinski definition) is 1. The smallest absolute Gasteiger partial charge is 0.330 e. The number of ether oxygens (including phenoxy) is 3. The van der Waals surface area contributed by atoms with Crippen LogP contribution < -0.4 is 14.8 Å². The average molecular weight is 383 g/mol. The van der Waals surface area contributed by atoms with E-state index in [1.807, 2.05) is 24.3 Å². The number of carbonyl (C=O) groups excluding carboxylic acids is 2. The van der Waals surface area contributed by atoms with Gasteiger partial charge >= 0.3 is 5.97 Å². The molecule has 2 aromatic carbocycles. The summed E-state index contributed by atoms with van der Waals surface area (Å²) in [5.74, 6) is 0.560. The second-order valence-electron chi connectivity index (χ2n) is 6.38. The van der Waals surface area contributed by atoms with Crippen molar-refractivity contribution >= 4 is 23.6 Å². The Bertz CT molecular complexity index is 858. The van der Waals surface area contributed by atoms with Gasteiger partial charge in [-0.1, -0.05) is 32.0 Å². The van der Waals surface area contributed by atoms with Crippen molar-refractivity contribution in [2.24, 2.45) is 0 Å². The lowest BCUT2D eigenvalue weighted by molar-refractivity contribution is -0.134. The summed E-state index contributed by atoms with van der Waals surface area (Å²) in [5, 5.41) is 2.83. The van der Waals surface area contributed by atoms with Crippen LogP contribution >= 0.6 is 0 Å². The highest BCUT2D eigenvalue weighted by atomic mass is 16.5. The van der Waals surface area contributed by atoms with Gasteiger partial charge in [-0.3, -0.25) is 4.79 Å². The second-order valence-corrected chi connectivity index (χ2v) is 6.38. The molecule has 28 heavy (non-hydrogen) atoms. The van der Waals surface area contributed by atoms with Crippen LogP contribution in [0.4, 0.5) is 5.69 Å². The van der Waals surface area contributed by atoms with Crippen molar-refractivity contribution < 1.29 is 23.8 Å². The van der Waals surface area contributed by atoms with Crippen LogP contribution in [0.5, 0.6) is 11.5 Å². The summed E-state index contributed by atoms with van der Waals surface area (Å²) in [4.78, 5) is 23.4. The Morgan fingerprint density at radius 2 is 1.86 bits per heavy atom. The van der Waals surface area contributed by atoms with Gasteiger partial charge in [0.25, 0.3) is 5.91 Å². The molecular formula is C22H25NO5. The number of esters is 1. The first-order valence-electron chi connectivity index (χ1n) is 8.89. The number of benzene rings is 2. The Morgan fingerprint density at radius 1 is 1.07 bits per heavy atom. The summed E-state index contributed by atoms with van der Waals surface area (Å²) in [6, 6.07) is 12.9. The van der Waals surface area contributed by atoms with E-state index in [4.69, 9.17) is 9.47 Å². The lowest BCUT2D eigenvalue weighted by Crippen LogP contribution is -2.20. The van der Waals surface area contributed by atoms with E-state index in [-0.39, 0.29) is 12.5 Å². The Balaban J connectivity index is 1.99. The SMILES string of the molecule is COC(=O)/C=C/c1ccc(OCC(=O)Nc2cccc(C(C)C)c2)c(OC)c1. The quantitative estimate of drug-likeness (QED) is 0.550. The number of amides is 1. The minimum atomic E-state index is -0.447. The van der Waals surface area contributed by atoms with Crippen LogP contribution in [0.25, 0.3) is 6.08 Å². The van der Waals surface area contributed by atoms with Gasteiger partial charge in [-0.25, -0.2) is 4.79 Å². The molecule has 0 unspecified atom stereocenters. The molecule has 148 valence electrons. The zero-order valence-electron chi connectivity index (χ0n) is 16.5. The van der Waals surface area contributed by atoms with Crippen molar-refractivity contribution in [2.45, 2.75) is 19.8 Å². The number of rotatable bonds is 8. The predicted molar refractivity (Wildman–Crippen MR) is 109 cm³/mol. The molecule has 0 spiro atoms. The summed E-state index contributed by atoms with van der Waals surface area (Å²) in [7, 11) is 2.82. The van der Waals surface area contributed by atoms with Crippen LogP contribution in [-0.2, 0) is 14.3 Å². The molecule has 6 nitrogen and oxygen atoms in total. The standard InChI is InChI=1S/C22H25NO5/c1-15(2)17-6-5-7-18(13-17)23-21(24)14-28-19-10-8-16(12-20(19)26-3)9-11-22(25)27-4/h5-13,15H,14H2,1-4H3,(H,23,24)/b11-9+. The molecule has 2 rings (SSSR count). The van der Waals surface area contributed by atoms with Crippen molar-refractivity contribution in [3.63, 3.8) is 0 Å². The van der Waals surface area contributed by atoms with Crippen molar-refractivity contribution in [3.8, 4) is 11.5 Å². The van der Waals surface area contributed by atoms with Gasteiger partial charge in [-0.15, -0.1) is 0 Å². The van der Waals surface area contributed by atoms with E-state index in [2.05, 4.69) is 23.9 Å². The third kappa shape index (κ3) is 6.16. The van der Waals surface area contributed by atoms with Crippen molar-refractivity contribution in [3.05, 3.63) is 59.7 Å². The normalized spacial score (nSPS) is 10.8. The third-order valence-electron chi connectivity index (χ3n) is 4.00. The molecular weight excluding hydrogens is 358 g/mol. The molecule has 0 bridgehead atoms. The van der Waals surface area contributed by atoms with Gasteiger partial charge < -0.3 is 19.5 Å². The van der Waals surface area contributed by atoms with Crippen LogP contribution in [0.2, 0.25) is 0 Å². The number of carbonyl (C=O) groups is 2. The zero-order chi connectivity index (χ0) is 20.5. The average Bonchev–Trinajstić information content (AvgIpc) is 2.70. The monoisotopic (exact) mass is 383 g/mol. The molecule has 1 N–H and O–H groups in total. The first-order chi connectivity index (χ1) is 13.4. The minimum Gasteiger partial charge on any atom is -0.493 e. The summed E-state index contributed by atoms with van der Waals surface area (Å²) in [6.07, 6.45) is 2.92. The summed E-state index contributed by atoms with van der Waals surface area (Å²) < 4.78 is 15.5. The van der Waals surface area contributed by atoms with E-state index in [1.54, 1.807) is 24.3 Å². The van der Waals surface area contributed by atoms with Crippen LogP contribution in [0, 0.1) is 0 Å². The Morgan fingerprint density at radius 3 is 2.54 bits per heavy atom. The first kappa shape index (κ1) is 21.0. The van der Waals surface area contributed by atoms with E-state index < -0.39 is 5.97 Å². The minimum absolute atomic E-state index is 0.153. The van der Waals surface area contributed by atoms with Gasteiger partial charge in [0.1, 0.15) is 0 Å². The van der Waals surface area contributed by atoms with Gasteiger partial charge in [0.05, 0.1) is 14.2 Å². The van der Waals surface area contributed by atoms with Gasteiger partial charge in [-0.2, -0.15) is 0 Å². The van der Waals surface area contributed by atoms with E-state index in [9.17, 15) is 9.59 Å². The number of nitrogens with one attached hydrogen (secondary N) is 1. The summed E-state index contributed by atoms with van der Waals surface area (Å²) in [5.41, 5.74) is 2.62. The maximum atomic E-state index is 12.2. The third-order valence-corrected chi connectivity index (χ3v) is 4.00. The van der Waals surface area contributed by atoms with Crippen LogP contribution in [0.15, 0.2) is 48.5 Å². The van der Waals surface area contributed by atoms with E-state index in [0.29, 0.717) is 17.4 Å². The number of anilines is 1. The van der Waals surface area contributed by atoms with E-state index >= 15 is 0 Å². The second kappa shape index (κ2) is 10.2. The molecule has 0 aliphatic carbocycles. The van der Waals surface area contributed by atoms with E-state index in [0.717, 1.165) is 16.8 Å². The zero-order valence-corrected chi connectivity index (χ0v) is 16.5. The Kier molecular flexibility index (Phi) is 7.63. The largest absolute Gasteiger partial charge is 0.493 e. The fourth-order valence-corrected chi connectivity index (χ4v) is 2.46. The van der Waals surface area contributed by atoms with Crippen molar-refractivity contribution in [2.75, 3.05) is 26.1 Å². The van der Waals surface area contributed by atoms with Crippen LogP contribution in [-0.4, -0.2) is 32.7 Å². The maximum absolute atomic E-state index is 12.2. The summed E-state index contributed by atoms with van der Waals surface area (Å²) in [6.45, 7) is 4.04. The molecule has 0 aromatic heterocycles. The highest BCUT2D eigenvalue weighted by Gasteiger charge is 2.09. The summed E-state index contributed by atoms with van der Waals surface area (Å²) >= 11 is 0. The highest BCUT2D eigenvalue weighted by Crippen LogP contribution is 2.28.